The first-order valence-electron chi connectivity index (χ1n) is 6.24. The van der Waals surface area contributed by atoms with Crippen LogP contribution in [0.5, 0.6) is 0 Å². The van der Waals surface area contributed by atoms with Gasteiger partial charge in [-0.2, -0.15) is 0 Å². The topological polar surface area (TPSA) is 52.6 Å². The molecule has 0 radical (unpaired) electrons. The van der Waals surface area contributed by atoms with Crippen LogP contribution in [0, 0.1) is 0 Å². The number of carbonyl (C=O) groups excluding carboxylic acids is 1. The summed E-state index contributed by atoms with van der Waals surface area (Å²) in [6.45, 7) is 3.40. The zero-order valence-electron chi connectivity index (χ0n) is 11.3. The molecule has 1 amide bonds. The molecule has 0 aliphatic carbocycles. The largest absolute Gasteiger partial charge is 0.392 e. The molecule has 18 heavy (non-hydrogen) atoms. The van der Waals surface area contributed by atoms with Crippen LogP contribution in [-0.2, 0) is 6.54 Å². The van der Waals surface area contributed by atoms with Gasteiger partial charge in [0.2, 0.25) is 0 Å². The average Bonchev–Trinajstić information content (AvgIpc) is 2.38. The van der Waals surface area contributed by atoms with Crippen molar-refractivity contribution in [1.82, 2.24) is 10.2 Å². The van der Waals surface area contributed by atoms with Crippen LogP contribution in [0.3, 0.4) is 0 Å². The molecule has 0 aromatic heterocycles. The Balaban J connectivity index is 2.55. The second kappa shape index (κ2) is 7.13. The Kier molecular flexibility index (Phi) is 5.82. The first-order chi connectivity index (χ1) is 8.56. The minimum Gasteiger partial charge on any atom is -0.392 e. The number of rotatable bonds is 6. The van der Waals surface area contributed by atoms with E-state index in [-0.39, 0.29) is 12.0 Å². The summed E-state index contributed by atoms with van der Waals surface area (Å²) in [6, 6.07) is 7.52. The molecule has 0 saturated carbocycles. The smallest absolute Gasteiger partial charge is 0.251 e. The maximum atomic E-state index is 11.4. The highest BCUT2D eigenvalue weighted by Crippen LogP contribution is 2.07. The van der Waals surface area contributed by atoms with Crippen molar-refractivity contribution in [3.8, 4) is 0 Å². The van der Waals surface area contributed by atoms with Crippen LogP contribution in [-0.4, -0.2) is 42.7 Å². The highest BCUT2D eigenvalue weighted by atomic mass is 16.3. The van der Waals surface area contributed by atoms with Gasteiger partial charge in [0, 0.05) is 25.7 Å². The Morgan fingerprint density at radius 2 is 2.00 bits per heavy atom. The Labute approximate surface area is 109 Å². The number of nitrogens with one attached hydrogen (secondary N) is 1. The Hall–Kier alpha value is -1.39. The van der Waals surface area contributed by atoms with E-state index in [0.29, 0.717) is 12.1 Å². The number of carbonyl (C=O) groups is 1. The van der Waals surface area contributed by atoms with Crippen molar-refractivity contribution in [2.75, 3.05) is 20.6 Å². The van der Waals surface area contributed by atoms with E-state index < -0.39 is 0 Å². The third kappa shape index (κ3) is 4.47. The van der Waals surface area contributed by atoms with Gasteiger partial charge in [-0.1, -0.05) is 19.1 Å². The summed E-state index contributed by atoms with van der Waals surface area (Å²) in [5, 5.41) is 12.2. The van der Waals surface area contributed by atoms with Gasteiger partial charge in [0.15, 0.2) is 0 Å². The molecular formula is C14H22N2O2. The Morgan fingerprint density at radius 1 is 1.39 bits per heavy atom. The molecule has 1 atom stereocenters. The molecule has 0 fully saturated rings. The fourth-order valence-corrected chi connectivity index (χ4v) is 1.77. The summed E-state index contributed by atoms with van der Waals surface area (Å²) in [4.78, 5) is 13.4. The molecule has 1 rings (SSSR count). The molecule has 1 aromatic carbocycles. The third-order valence-corrected chi connectivity index (χ3v) is 2.89. The highest BCUT2D eigenvalue weighted by Gasteiger charge is 2.07. The second-order valence-electron chi connectivity index (χ2n) is 4.53. The van der Waals surface area contributed by atoms with Crippen LogP contribution in [0.1, 0.15) is 29.3 Å². The van der Waals surface area contributed by atoms with Gasteiger partial charge in [0.25, 0.3) is 5.91 Å². The Morgan fingerprint density at radius 3 is 2.50 bits per heavy atom. The van der Waals surface area contributed by atoms with Gasteiger partial charge in [-0.3, -0.25) is 9.69 Å². The standard InChI is InChI=1S/C14H22N2O2/c1-4-13(17)10-16(3)9-11-5-7-12(8-6-11)14(18)15-2/h5-8,13,17H,4,9-10H2,1-3H3,(H,15,18). The second-order valence-corrected chi connectivity index (χ2v) is 4.53. The molecule has 0 spiro atoms. The molecule has 1 aromatic rings. The molecule has 4 heteroatoms. The fourth-order valence-electron chi connectivity index (χ4n) is 1.77. The predicted octanol–water partition coefficient (Wildman–Crippen LogP) is 1.25. The number of benzene rings is 1. The third-order valence-electron chi connectivity index (χ3n) is 2.89. The summed E-state index contributed by atoms with van der Waals surface area (Å²) < 4.78 is 0. The Bertz CT molecular complexity index is 376. The van der Waals surface area contributed by atoms with Crippen LogP contribution in [0.15, 0.2) is 24.3 Å². The van der Waals surface area contributed by atoms with Crippen LogP contribution in [0.4, 0.5) is 0 Å². The number of nitrogens with zero attached hydrogens (tertiary/aromatic N) is 1. The number of aliphatic hydroxyl groups is 1. The van der Waals surface area contributed by atoms with Crippen LogP contribution in [0.25, 0.3) is 0 Å². The predicted molar refractivity (Wildman–Crippen MR) is 72.5 cm³/mol. The van der Waals surface area contributed by atoms with Crippen LogP contribution >= 0.6 is 0 Å². The van der Waals surface area contributed by atoms with E-state index in [2.05, 4.69) is 10.2 Å². The van der Waals surface area contributed by atoms with E-state index in [1.165, 1.54) is 0 Å². The minimum absolute atomic E-state index is 0.0729. The molecule has 0 aliphatic heterocycles. The molecule has 1 unspecified atom stereocenters. The number of hydrogen-bond donors (Lipinski definition) is 2. The van der Waals surface area contributed by atoms with Crippen molar-refractivity contribution in [3.05, 3.63) is 35.4 Å². The van der Waals surface area contributed by atoms with Crippen LogP contribution < -0.4 is 5.32 Å². The van der Waals surface area contributed by atoms with E-state index in [1.54, 1.807) is 7.05 Å². The monoisotopic (exact) mass is 250 g/mol. The summed E-state index contributed by atoms with van der Waals surface area (Å²) >= 11 is 0. The molecule has 100 valence electrons. The maximum absolute atomic E-state index is 11.4. The highest BCUT2D eigenvalue weighted by molar-refractivity contribution is 5.93. The van der Waals surface area contributed by atoms with Gasteiger partial charge in [-0.15, -0.1) is 0 Å². The zero-order chi connectivity index (χ0) is 13.5. The van der Waals surface area contributed by atoms with Crippen molar-refractivity contribution in [3.63, 3.8) is 0 Å². The van der Waals surface area contributed by atoms with E-state index in [4.69, 9.17) is 0 Å². The van der Waals surface area contributed by atoms with Crippen molar-refractivity contribution in [2.45, 2.75) is 26.0 Å². The van der Waals surface area contributed by atoms with E-state index >= 15 is 0 Å². The van der Waals surface area contributed by atoms with Gasteiger partial charge < -0.3 is 10.4 Å². The quantitative estimate of drug-likeness (QED) is 0.799. The lowest BCUT2D eigenvalue weighted by atomic mass is 10.1. The number of aliphatic hydroxyl groups excluding tert-OH is 1. The van der Waals surface area contributed by atoms with Gasteiger partial charge >= 0.3 is 0 Å². The normalized spacial score (nSPS) is 12.5. The van der Waals surface area contributed by atoms with Crippen molar-refractivity contribution < 1.29 is 9.90 Å². The molecule has 0 heterocycles. The number of hydrogen-bond acceptors (Lipinski definition) is 3. The average molecular weight is 250 g/mol. The molecule has 0 bridgehead atoms. The lowest BCUT2D eigenvalue weighted by molar-refractivity contribution is 0.0963. The zero-order valence-corrected chi connectivity index (χ0v) is 11.3. The van der Waals surface area contributed by atoms with E-state index in [0.717, 1.165) is 18.5 Å². The lowest BCUT2D eigenvalue weighted by Gasteiger charge is -2.19. The van der Waals surface area contributed by atoms with Crippen molar-refractivity contribution in [1.29, 1.82) is 0 Å². The summed E-state index contributed by atoms with van der Waals surface area (Å²) in [5.41, 5.74) is 1.80. The van der Waals surface area contributed by atoms with Gasteiger partial charge in [-0.25, -0.2) is 0 Å². The molecule has 0 aliphatic rings. The van der Waals surface area contributed by atoms with Crippen molar-refractivity contribution >= 4 is 5.91 Å². The van der Waals surface area contributed by atoms with Gasteiger partial charge in [0.05, 0.1) is 6.10 Å². The van der Waals surface area contributed by atoms with Crippen molar-refractivity contribution in [2.24, 2.45) is 0 Å². The number of likely N-dealkylation sites (N-methyl/N-ethyl adjacent to an activating group) is 1. The van der Waals surface area contributed by atoms with E-state index in [9.17, 15) is 9.90 Å². The maximum Gasteiger partial charge on any atom is 0.251 e. The summed E-state index contributed by atoms with van der Waals surface area (Å²) in [6.07, 6.45) is 0.486. The van der Waals surface area contributed by atoms with E-state index in [1.807, 2.05) is 38.2 Å². The minimum atomic E-state index is -0.278. The molecular weight excluding hydrogens is 228 g/mol. The van der Waals surface area contributed by atoms with Gasteiger partial charge in [0.1, 0.15) is 0 Å². The first kappa shape index (κ1) is 14.7. The molecule has 4 nitrogen and oxygen atoms in total. The number of amides is 1. The summed E-state index contributed by atoms with van der Waals surface area (Å²) in [5.74, 6) is -0.0729. The van der Waals surface area contributed by atoms with Crippen LogP contribution in [0.2, 0.25) is 0 Å². The van der Waals surface area contributed by atoms with Gasteiger partial charge in [-0.05, 0) is 31.2 Å². The SMILES string of the molecule is CCC(O)CN(C)Cc1ccc(C(=O)NC)cc1. The fraction of sp³-hybridized carbons (Fsp3) is 0.500. The molecule has 0 saturated heterocycles. The summed E-state index contributed by atoms with van der Waals surface area (Å²) in [7, 11) is 3.60. The lowest BCUT2D eigenvalue weighted by Crippen LogP contribution is -2.28. The first-order valence-corrected chi connectivity index (χ1v) is 6.24. The molecule has 2 N–H and O–H groups in total.